The molecule has 0 saturated carbocycles. The molecule has 0 bridgehead atoms. The Hall–Kier alpha value is -2.61. The summed E-state index contributed by atoms with van der Waals surface area (Å²) in [5.41, 5.74) is 0.528. The Morgan fingerprint density at radius 3 is 2.68 bits per heavy atom. The van der Waals surface area contributed by atoms with Crippen molar-refractivity contribution in [3.8, 4) is 0 Å². The lowest BCUT2D eigenvalue weighted by molar-refractivity contribution is -0.151. The molecule has 1 atom stereocenters. The minimum absolute atomic E-state index is 0.233. The van der Waals surface area contributed by atoms with E-state index in [1.807, 2.05) is 12.1 Å². The topological polar surface area (TPSA) is 84.0 Å². The molecule has 2 aliphatic heterocycles. The molecule has 0 aliphatic carbocycles. The van der Waals surface area contributed by atoms with Crippen molar-refractivity contribution in [2.24, 2.45) is 5.92 Å². The molecule has 148 valence electrons. The number of sulfonamides is 1. The van der Waals surface area contributed by atoms with Crippen LogP contribution >= 0.6 is 0 Å². The van der Waals surface area contributed by atoms with Crippen LogP contribution in [-0.4, -0.2) is 51.4 Å². The fourth-order valence-electron chi connectivity index (χ4n) is 4.01. The van der Waals surface area contributed by atoms with E-state index in [0.29, 0.717) is 37.1 Å². The Morgan fingerprint density at radius 2 is 1.93 bits per heavy atom. The molecule has 0 aromatic heterocycles. The van der Waals surface area contributed by atoms with E-state index in [0.717, 1.165) is 5.39 Å². The van der Waals surface area contributed by atoms with Crippen molar-refractivity contribution in [2.75, 3.05) is 30.5 Å². The number of anilines is 1. The lowest BCUT2D eigenvalue weighted by Gasteiger charge is -2.32. The summed E-state index contributed by atoms with van der Waals surface area (Å²) in [5, 5.41) is 1.48. The summed E-state index contributed by atoms with van der Waals surface area (Å²) >= 11 is 0. The number of hydrogen-bond acceptors (Lipinski definition) is 5. The van der Waals surface area contributed by atoms with Gasteiger partial charge in [-0.15, -0.1) is 0 Å². The molecule has 0 unspecified atom stereocenters. The molecule has 0 radical (unpaired) electrons. The third-order valence-corrected chi connectivity index (χ3v) is 7.16. The Labute approximate surface area is 163 Å². The predicted molar refractivity (Wildman–Crippen MR) is 104 cm³/mol. The van der Waals surface area contributed by atoms with Gasteiger partial charge in [0.2, 0.25) is 5.91 Å². The normalized spacial score (nSPS) is 20.4. The number of benzene rings is 2. The highest BCUT2D eigenvalue weighted by atomic mass is 32.2. The van der Waals surface area contributed by atoms with E-state index in [2.05, 4.69) is 0 Å². The summed E-state index contributed by atoms with van der Waals surface area (Å²) in [6.45, 7) is 2.56. The van der Waals surface area contributed by atoms with Crippen LogP contribution in [0.2, 0.25) is 0 Å². The largest absolute Gasteiger partial charge is 0.466 e. The molecule has 1 amide bonds. The minimum Gasteiger partial charge on any atom is -0.466 e. The number of carbonyl (C=O) groups excluding carboxylic acids is 2. The van der Waals surface area contributed by atoms with Gasteiger partial charge in [-0.2, -0.15) is 0 Å². The van der Waals surface area contributed by atoms with Crippen LogP contribution in [0.4, 0.5) is 5.69 Å². The van der Waals surface area contributed by atoms with Crippen LogP contribution in [0.5, 0.6) is 0 Å². The Kier molecular flexibility index (Phi) is 4.74. The van der Waals surface area contributed by atoms with Crippen molar-refractivity contribution in [1.29, 1.82) is 0 Å². The van der Waals surface area contributed by atoms with Crippen molar-refractivity contribution in [2.45, 2.75) is 24.7 Å². The summed E-state index contributed by atoms with van der Waals surface area (Å²) in [5.74, 6) is -0.957. The van der Waals surface area contributed by atoms with E-state index < -0.39 is 10.0 Å². The molecular weight excluding hydrogens is 380 g/mol. The quantitative estimate of drug-likeness (QED) is 0.732. The number of esters is 1. The van der Waals surface area contributed by atoms with Crippen LogP contribution in [0.25, 0.3) is 10.8 Å². The first-order chi connectivity index (χ1) is 13.4. The van der Waals surface area contributed by atoms with Crippen LogP contribution < -0.4 is 4.31 Å². The Balaban J connectivity index is 1.57. The number of piperidine rings is 1. The molecule has 1 fully saturated rings. The molecule has 1 saturated heterocycles. The standard InChI is InChI=1S/C20H22N2O5S/c1-2-27-20(24)15-8-5-11-21(12-15)18(23)13-22-16-9-3-6-14-7-4-10-17(19(14)16)28(22,25)26/h3-4,6-7,9-10,15H,2,5,8,11-13H2,1H3/t15-/m1/s1. The van der Waals surface area contributed by atoms with E-state index in [9.17, 15) is 18.0 Å². The van der Waals surface area contributed by atoms with Gasteiger partial charge < -0.3 is 9.64 Å². The van der Waals surface area contributed by atoms with Gasteiger partial charge in [0.15, 0.2) is 0 Å². The number of carbonyl (C=O) groups is 2. The van der Waals surface area contributed by atoms with E-state index in [1.165, 1.54) is 4.31 Å². The van der Waals surface area contributed by atoms with Crippen LogP contribution in [0.15, 0.2) is 41.3 Å². The highest BCUT2D eigenvalue weighted by Crippen LogP contribution is 2.41. The van der Waals surface area contributed by atoms with E-state index in [1.54, 1.807) is 36.1 Å². The molecule has 2 aromatic carbocycles. The SMILES string of the molecule is CCOC(=O)[C@@H]1CCCN(C(=O)CN2c3cccc4cccc(c34)S2(=O)=O)C1. The van der Waals surface area contributed by atoms with Gasteiger partial charge in [0.1, 0.15) is 6.54 Å². The molecule has 28 heavy (non-hydrogen) atoms. The summed E-state index contributed by atoms with van der Waals surface area (Å²) in [7, 11) is -3.78. The average molecular weight is 402 g/mol. The Bertz CT molecular complexity index is 1040. The van der Waals surface area contributed by atoms with E-state index in [4.69, 9.17) is 4.74 Å². The molecule has 7 nitrogen and oxygen atoms in total. The minimum atomic E-state index is -3.78. The van der Waals surface area contributed by atoms with Crippen LogP contribution in [-0.2, 0) is 24.3 Å². The van der Waals surface area contributed by atoms with Crippen molar-refractivity contribution >= 4 is 38.4 Å². The molecule has 0 spiro atoms. The zero-order valence-electron chi connectivity index (χ0n) is 15.6. The number of hydrogen-bond donors (Lipinski definition) is 0. The van der Waals surface area contributed by atoms with Gasteiger partial charge in [-0.25, -0.2) is 8.42 Å². The third-order valence-electron chi connectivity index (χ3n) is 5.35. The van der Waals surface area contributed by atoms with Gasteiger partial charge in [0, 0.05) is 18.5 Å². The first-order valence-electron chi connectivity index (χ1n) is 9.42. The highest BCUT2D eigenvalue weighted by molar-refractivity contribution is 7.93. The maximum atomic E-state index is 13.0. The van der Waals surface area contributed by atoms with Gasteiger partial charge >= 0.3 is 5.97 Å². The number of rotatable bonds is 4. The van der Waals surface area contributed by atoms with E-state index in [-0.39, 0.29) is 35.8 Å². The second-order valence-corrected chi connectivity index (χ2v) is 8.90. The number of likely N-dealkylation sites (tertiary alicyclic amines) is 1. The monoisotopic (exact) mass is 402 g/mol. The van der Waals surface area contributed by atoms with Crippen LogP contribution in [0.3, 0.4) is 0 Å². The molecule has 2 aliphatic rings. The van der Waals surface area contributed by atoms with E-state index >= 15 is 0 Å². The summed E-state index contributed by atoms with van der Waals surface area (Å²) in [6.07, 6.45) is 1.37. The maximum Gasteiger partial charge on any atom is 0.310 e. The van der Waals surface area contributed by atoms with Gasteiger partial charge in [-0.3, -0.25) is 13.9 Å². The van der Waals surface area contributed by atoms with Gasteiger partial charge in [0.05, 0.1) is 23.1 Å². The molecule has 2 aromatic rings. The first kappa shape index (κ1) is 18.7. The summed E-state index contributed by atoms with van der Waals surface area (Å²) < 4.78 is 32.3. The zero-order valence-corrected chi connectivity index (χ0v) is 16.4. The van der Waals surface area contributed by atoms with Crippen molar-refractivity contribution in [3.63, 3.8) is 0 Å². The number of amides is 1. The highest BCUT2D eigenvalue weighted by Gasteiger charge is 2.38. The fraction of sp³-hybridized carbons (Fsp3) is 0.400. The predicted octanol–water partition coefficient (Wildman–Crippen LogP) is 2.15. The van der Waals surface area contributed by atoms with Crippen molar-refractivity contribution < 1.29 is 22.7 Å². The molecule has 8 heteroatoms. The molecule has 4 rings (SSSR count). The van der Waals surface area contributed by atoms with Crippen LogP contribution in [0, 0.1) is 5.92 Å². The zero-order chi connectivity index (χ0) is 19.9. The molecule has 2 heterocycles. The van der Waals surface area contributed by atoms with Crippen molar-refractivity contribution in [3.05, 3.63) is 36.4 Å². The van der Waals surface area contributed by atoms with Crippen LogP contribution in [0.1, 0.15) is 19.8 Å². The molecular formula is C20H22N2O5S. The average Bonchev–Trinajstić information content (AvgIpc) is 2.91. The fourth-order valence-corrected chi connectivity index (χ4v) is 5.67. The Morgan fingerprint density at radius 1 is 1.18 bits per heavy atom. The first-order valence-corrected chi connectivity index (χ1v) is 10.9. The lowest BCUT2D eigenvalue weighted by atomic mass is 9.98. The molecule has 0 N–H and O–H groups in total. The van der Waals surface area contributed by atoms with Gasteiger partial charge in [-0.05, 0) is 37.3 Å². The van der Waals surface area contributed by atoms with Crippen molar-refractivity contribution in [1.82, 2.24) is 4.90 Å². The third kappa shape index (κ3) is 3.01. The smallest absolute Gasteiger partial charge is 0.310 e. The van der Waals surface area contributed by atoms with Gasteiger partial charge in [-0.1, -0.05) is 24.3 Å². The summed E-state index contributed by atoms with van der Waals surface area (Å²) in [4.78, 5) is 26.7. The van der Waals surface area contributed by atoms with Gasteiger partial charge in [0.25, 0.3) is 10.0 Å². The second kappa shape index (κ2) is 7.09. The maximum absolute atomic E-state index is 13.0. The second-order valence-electron chi connectivity index (χ2n) is 7.07. The number of nitrogens with zero attached hydrogens (tertiary/aromatic N) is 2. The number of ether oxygens (including phenoxy) is 1. The lowest BCUT2D eigenvalue weighted by Crippen LogP contribution is -2.47. The summed E-state index contributed by atoms with van der Waals surface area (Å²) in [6, 6.07) is 10.5.